The number of nitrogens with one attached hydrogen (secondary N) is 1. The molecule has 1 fully saturated rings. The second kappa shape index (κ2) is 7.04. The van der Waals surface area contributed by atoms with E-state index < -0.39 is 0 Å². The zero-order chi connectivity index (χ0) is 13.7. The van der Waals surface area contributed by atoms with Crippen LogP contribution in [0.3, 0.4) is 0 Å². The third kappa shape index (κ3) is 4.31. The fourth-order valence-electron chi connectivity index (χ4n) is 3.15. The summed E-state index contributed by atoms with van der Waals surface area (Å²) in [6.07, 6.45) is 7.96. The highest BCUT2D eigenvalue weighted by Gasteiger charge is 2.19. The summed E-state index contributed by atoms with van der Waals surface area (Å²) in [5.41, 5.74) is 1.18. The minimum atomic E-state index is -0.156. The van der Waals surface area contributed by atoms with Gasteiger partial charge in [-0.05, 0) is 49.8 Å². The Morgan fingerprint density at radius 2 is 1.89 bits per heavy atom. The molecule has 0 radical (unpaired) electrons. The van der Waals surface area contributed by atoms with Crippen molar-refractivity contribution in [1.29, 1.82) is 0 Å². The van der Waals surface area contributed by atoms with Crippen LogP contribution >= 0.6 is 0 Å². The topological polar surface area (TPSA) is 12.0 Å². The molecule has 0 aromatic heterocycles. The first-order chi connectivity index (χ1) is 9.19. The van der Waals surface area contributed by atoms with Gasteiger partial charge in [0.1, 0.15) is 5.82 Å². The lowest BCUT2D eigenvalue weighted by Gasteiger charge is -2.22. The average molecular weight is 263 g/mol. The van der Waals surface area contributed by atoms with Crippen LogP contribution in [0.1, 0.15) is 64.0 Å². The van der Waals surface area contributed by atoms with Gasteiger partial charge in [0, 0.05) is 12.1 Å². The predicted molar refractivity (Wildman–Crippen MR) is 78.6 cm³/mol. The van der Waals surface area contributed by atoms with Crippen molar-refractivity contribution in [2.75, 3.05) is 0 Å². The van der Waals surface area contributed by atoms with Crippen LogP contribution in [-0.4, -0.2) is 6.04 Å². The lowest BCUT2D eigenvalue weighted by atomic mass is 9.97. The normalized spacial score (nSPS) is 25.8. The third-order valence-corrected chi connectivity index (χ3v) is 4.52. The Bertz CT molecular complexity index is 373. The van der Waals surface area contributed by atoms with Gasteiger partial charge in [0.25, 0.3) is 0 Å². The van der Waals surface area contributed by atoms with Crippen LogP contribution < -0.4 is 5.32 Å². The van der Waals surface area contributed by atoms with E-state index in [2.05, 4.69) is 19.2 Å². The molecule has 106 valence electrons. The van der Waals surface area contributed by atoms with E-state index in [-0.39, 0.29) is 5.82 Å². The molecule has 0 aliphatic heterocycles. The first-order valence-electron chi connectivity index (χ1n) is 7.70. The minimum Gasteiger partial charge on any atom is -0.307 e. The molecule has 1 nitrogen and oxygen atoms in total. The molecule has 2 unspecified atom stereocenters. The Balaban J connectivity index is 1.88. The maximum Gasteiger partial charge on any atom is 0.123 e. The molecule has 2 rings (SSSR count). The van der Waals surface area contributed by atoms with E-state index in [0.717, 1.165) is 5.92 Å². The Hall–Kier alpha value is -0.890. The lowest BCUT2D eigenvalue weighted by molar-refractivity contribution is 0.399. The predicted octanol–water partition coefficient (Wildman–Crippen LogP) is 4.84. The first-order valence-corrected chi connectivity index (χ1v) is 7.70. The molecule has 3 atom stereocenters. The van der Waals surface area contributed by atoms with Crippen LogP contribution in [-0.2, 0) is 0 Å². The molecule has 1 aromatic carbocycles. The number of hydrogen-bond acceptors (Lipinski definition) is 1. The van der Waals surface area contributed by atoms with E-state index in [0.29, 0.717) is 12.1 Å². The van der Waals surface area contributed by atoms with E-state index in [9.17, 15) is 4.39 Å². The molecule has 0 bridgehead atoms. The fourth-order valence-corrected chi connectivity index (χ4v) is 3.15. The number of halogens is 1. The van der Waals surface area contributed by atoms with Gasteiger partial charge >= 0.3 is 0 Å². The van der Waals surface area contributed by atoms with Gasteiger partial charge in [-0.3, -0.25) is 0 Å². The molecule has 1 aliphatic rings. The molecule has 1 aliphatic carbocycles. The second-order valence-electron chi connectivity index (χ2n) is 5.92. The van der Waals surface area contributed by atoms with Gasteiger partial charge in [-0.25, -0.2) is 4.39 Å². The van der Waals surface area contributed by atoms with Crippen LogP contribution in [0.15, 0.2) is 24.3 Å². The summed E-state index contributed by atoms with van der Waals surface area (Å²) in [5, 5.41) is 3.72. The lowest BCUT2D eigenvalue weighted by Crippen LogP contribution is -2.31. The number of hydrogen-bond donors (Lipinski definition) is 1. The van der Waals surface area contributed by atoms with Crippen LogP contribution in [0.5, 0.6) is 0 Å². The summed E-state index contributed by atoms with van der Waals surface area (Å²) in [5.74, 6) is 0.768. The summed E-state index contributed by atoms with van der Waals surface area (Å²) in [7, 11) is 0. The highest BCUT2D eigenvalue weighted by Crippen LogP contribution is 2.27. The molecular weight excluding hydrogens is 237 g/mol. The van der Waals surface area contributed by atoms with Crippen LogP contribution in [0.2, 0.25) is 0 Å². The molecule has 1 aromatic rings. The van der Waals surface area contributed by atoms with Crippen molar-refractivity contribution in [2.45, 2.75) is 64.5 Å². The largest absolute Gasteiger partial charge is 0.307 e. The van der Waals surface area contributed by atoms with Crippen LogP contribution in [0.4, 0.5) is 4.39 Å². The molecule has 0 spiro atoms. The van der Waals surface area contributed by atoms with Crippen molar-refractivity contribution >= 4 is 0 Å². The monoisotopic (exact) mass is 263 g/mol. The summed E-state index contributed by atoms with van der Waals surface area (Å²) >= 11 is 0. The molecule has 0 saturated heterocycles. The maximum atomic E-state index is 12.9. The summed E-state index contributed by atoms with van der Waals surface area (Å²) in [6.45, 7) is 4.48. The van der Waals surface area contributed by atoms with E-state index >= 15 is 0 Å². The summed E-state index contributed by atoms with van der Waals surface area (Å²) < 4.78 is 12.9. The fraction of sp³-hybridized carbons (Fsp3) is 0.647. The van der Waals surface area contributed by atoms with Crippen molar-refractivity contribution in [1.82, 2.24) is 5.32 Å². The summed E-state index contributed by atoms with van der Waals surface area (Å²) in [6, 6.07) is 7.80. The molecular formula is C17H26FN. The molecule has 19 heavy (non-hydrogen) atoms. The van der Waals surface area contributed by atoms with E-state index in [1.807, 2.05) is 12.1 Å². The summed E-state index contributed by atoms with van der Waals surface area (Å²) in [4.78, 5) is 0. The van der Waals surface area contributed by atoms with Crippen molar-refractivity contribution in [3.05, 3.63) is 35.6 Å². The molecule has 1 N–H and O–H groups in total. The standard InChI is InChI=1S/C17H26FN/c1-3-14-5-4-6-17(12-7-14)19-13(2)15-8-10-16(18)11-9-15/h8-11,13-14,17,19H,3-7,12H2,1-2H3/t13-,14?,17?/m1/s1. The maximum absolute atomic E-state index is 12.9. The minimum absolute atomic E-state index is 0.156. The Morgan fingerprint density at radius 1 is 1.16 bits per heavy atom. The van der Waals surface area contributed by atoms with Gasteiger partial charge in [0.15, 0.2) is 0 Å². The Labute approximate surface area is 116 Å². The van der Waals surface area contributed by atoms with Gasteiger partial charge in [0.2, 0.25) is 0 Å². The van der Waals surface area contributed by atoms with Gasteiger partial charge in [-0.1, -0.05) is 38.3 Å². The average Bonchev–Trinajstić information content (AvgIpc) is 2.64. The van der Waals surface area contributed by atoms with E-state index in [1.165, 1.54) is 44.1 Å². The van der Waals surface area contributed by atoms with Crippen LogP contribution in [0.25, 0.3) is 0 Å². The van der Waals surface area contributed by atoms with Crippen molar-refractivity contribution < 1.29 is 4.39 Å². The third-order valence-electron chi connectivity index (χ3n) is 4.52. The Morgan fingerprint density at radius 3 is 2.58 bits per heavy atom. The van der Waals surface area contributed by atoms with Crippen LogP contribution in [0, 0.1) is 11.7 Å². The van der Waals surface area contributed by atoms with Gasteiger partial charge in [-0.15, -0.1) is 0 Å². The molecule has 0 heterocycles. The number of benzene rings is 1. The second-order valence-corrected chi connectivity index (χ2v) is 5.92. The van der Waals surface area contributed by atoms with Crippen molar-refractivity contribution in [2.24, 2.45) is 5.92 Å². The Kier molecular flexibility index (Phi) is 5.38. The van der Waals surface area contributed by atoms with E-state index in [4.69, 9.17) is 0 Å². The zero-order valence-electron chi connectivity index (χ0n) is 12.2. The highest BCUT2D eigenvalue weighted by molar-refractivity contribution is 5.19. The van der Waals surface area contributed by atoms with Gasteiger partial charge < -0.3 is 5.32 Å². The highest BCUT2D eigenvalue weighted by atomic mass is 19.1. The molecule has 1 saturated carbocycles. The van der Waals surface area contributed by atoms with Gasteiger partial charge in [-0.2, -0.15) is 0 Å². The smallest absolute Gasteiger partial charge is 0.123 e. The van der Waals surface area contributed by atoms with Crippen molar-refractivity contribution in [3.63, 3.8) is 0 Å². The van der Waals surface area contributed by atoms with Crippen molar-refractivity contribution in [3.8, 4) is 0 Å². The molecule has 2 heteroatoms. The first kappa shape index (κ1) is 14.5. The van der Waals surface area contributed by atoms with E-state index in [1.54, 1.807) is 12.1 Å². The van der Waals surface area contributed by atoms with Gasteiger partial charge in [0.05, 0.1) is 0 Å². The SMILES string of the molecule is CCC1CCCC(N[C@H](C)c2ccc(F)cc2)CC1. The number of rotatable bonds is 4. The quantitative estimate of drug-likeness (QED) is 0.767. The zero-order valence-corrected chi connectivity index (χ0v) is 12.2. The molecule has 0 amide bonds.